The molecule has 0 radical (unpaired) electrons. The molecule has 1 N–H and O–H groups in total. The van der Waals surface area contributed by atoms with Crippen LogP contribution in [0.4, 0.5) is 5.69 Å². The van der Waals surface area contributed by atoms with Crippen molar-refractivity contribution in [2.24, 2.45) is 4.99 Å². The Morgan fingerprint density at radius 3 is 2.75 bits per heavy atom. The summed E-state index contributed by atoms with van der Waals surface area (Å²) in [4.78, 5) is 9.65. The fraction of sp³-hybridized carbons (Fsp3) is 0.571. The molecule has 0 unspecified atom stereocenters. The fourth-order valence-corrected chi connectivity index (χ4v) is 3.51. The van der Waals surface area contributed by atoms with Gasteiger partial charge in [0.15, 0.2) is 5.96 Å². The van der Waals surface area contributed by atoms with Gasteiger partial charge < -0.3 is 24.6 Å². The highest BCUT2D eigenvalue weighted by atomic mass is 127. The number of hydrogen-bond donors (Lipinski definition) is 1. The zero-order valence-electron chi connectivity index (χ0n) is 17.0. The SMILES string of the molecule is CCNC(=NCCC1=CCOCC1)N1CCN(c2cccc(OC)c2)CC1.I. The minimum Gasteiger partial charge on any atom is -0.497 e. The number of guanidine groups is 1. The summed E-state index contributed by atoms with van der Waals surface area (Å²) >= 11 is 0. The van der Waals surface area contributed by atoms with Crippen LogP contribution in [0.2, 0.25) is 0 Å². The predicted octanol–water partition coefficient (Wildman–Crippen LogP) is 3.14. The van der Waals surface area contributed by atoms with E-state index in [1.54, 1.807) is 7.11 Å². The molecule has 2 heterocycles. The van der Waals surface area contributed by atoms with Gasteiger partial charge in [-0.2, -0.15) is 0 Å². The molecule has 0 amide bonds. The lowest BCUT2D eigenvalue weighted by Gasteiger charge is -2.37. The molecule has 6 nitrogen and oxygen atoms in total. The van der Waals surface area contributed by atoms with Gasteiger partial charge in [-0.3, -0.25) is 4.99 Å². The summed E-state index contributed by atoms with van der Waals surface area (Å²) in [6.45, 7) is 9.38. The third kappa shape index (κ3) is 6.55. The smallest absolute Gasteiger partial charge is 0.194 e. The van der Waals surface area contributed by atoms with E-state index < -0.39 is 0 Å². The number of anilines is 1. The Balaban J connectivity index is 0.00000280. The number of ether oxygens (including phenoxy) is 2. The number of rotatable bonds is 6. The van der Waals surface area contributed by atoms with Crippen LogP contribution < -0.4 is 15.0 Å². The van der Waals surface area contributed by atoms with E-state index in [4.69, 9.17) is 14.5 Å². The third-order valence-corrected chi connectivity index (χ3v) is 5.08. The van der Waals surface area contributed by atoms with Crippen molar-refractivity contribution >= 4 is 35.6 Å². The number of nitrogens with zero attached hydrogens (tertiary/aromatic N) is 3. The summed E-state index contributed by atoms with van der Waals surface area (Å²) in [5.74, 6) is 1.95. The van der Waals surface area contributed by atoms with E-state index in [2.05, 4.69) is 46.3 Å². The number of halogens is 1. The number of methoxy groups -OCH3 is 1. The van der Waals surface area contributed by atoms with Gasteiger partial charge in [-0.15, -0.1) is 24.0 Å². The molecule has 0 bridgehead atoms. The second kappa shape index (κ2) is 12.2. The summed E-state index contributed by atoms with van der Waals surface area (Å²) in [7, 11) is 1.71. The van der Waals surface area contributed by atoms with Crippen LogP contribution >= 0.6 is 24.0 Å². The van der Waals surface area contributed by atoms with E-state index in [0.717, 1.165) is 77.0 Å². The average molecular weight is 500 g/mol. The molecule has 1 aromatic carbocycles. The Kier molecular flexibility index (Phi) is 9.91. The van der Waals surface area contributed by atoms with E-state index in [1.807, 2.05) is 6.07 Å². The van der Waals surface area contributed by atoms with Crippen molar-refractivity contribution in [2.45, 2.75) is 19.8 Å². The van der Waals surface area contributed by atoms with Gasteiger partial charge in [0, 0.05) is 51.0 Å². The molecule has 3 rings (SSSR count). The molecule has 1 aromatic rings. The first-order valence-corrected chi connectivity index (χ1v) is 9.98. The molecule has 156 valence electrons. The highest BCUT2D eigenvalue weighted by Crippen LogP contribution is 2.22. The van der Waals surface area contributed by atoms with Gasteiger partial charge in [0.05, 0.1) is 20.3 Å². The lowest BCUT2D eigenvalue weighted by atomic mass is 10.1. The molecule has 0 aliphatic carbocycles. The van der Waals surface area contributed by atoms with Gasteiger partial charge >= 0.3 is 0 Å². The molecule has 2 aliphatic heterocycles. The van der Waals surface area contributed by atoms with Crippen LogP contribution in [0.15, 0.2) is 40.9 Å². The topological polar surface area (TPSA) is 49.3 Å². The highest BCUT2D eigenvalue weighted by molar-refractivity contribution is 14.0. The van der Waals surface area contributed by atoms with Crippen LogP contribution in [0.25, 0.3) is 0 Å². The Morgan fingerprint density at radius 1 is 1.25 bits per heavy atom. The van der Waals surface area contributed by atoms with Crippen molar-refractivity contribution in [1.82, 2.24) is 10.2 Å². The van der Waals surface area contributed by atoms with Gasteiger partial charge in [-0.05, 0) is 31.9 Å². The van der Waals surface area contributed by atoms with Crippen LogP contribution in [-0.4, -0.2) is 70.5 Å². The monoisotopic (exact) mass is 500 g/mol. The van der Waals surface area contributed by atoms with E-state index in [1.165, 1.54) is 11.3 Å². The molecule has 2 aliphatic rings. The van der Waals surface area contributed by atoms with Crippen LogP contribution in [0.5, 0.6) is 5.75 Å². The lowest BCUT2D eigenvalue weighted by Crippen LogP contribution is -2.52. The summed E-state index contributed by atoms with van der Waals surface area (Å²) in [6, 6.07) is 8.30. The maximum absolute atomic E-state index is 5.38. The van der Waals surface area contributed by atoms with E-state index >= 15 is 0 Å². The van der Waals surface area contributed by atoms with Crippen molar-refractivity contribution in [3.8, 4) is 5.75 Å². The van der Waals surface area contributed by atoms with Crippen molar-refractivity contribution in [1.29, 1.82) is 0 Å². The molecule has 0 atom stereocenters. The quantitative estimate of drug-likeness (QED) is 0.282. The predicted molar refractivity (Wildman–Crippen MR) is 126 cm³/mol. The largest absolute Gasteiger partial charge is 0.497 e. The first kappa shape index (κ1) is 22.8. The molecule has 0 saturated carbocycles. The zero-order valence-corrected chi connectivity index (χ0v) is 19.4. The van der Waals surface area contributed by atoms with Crippen molar-refractivity contribution < 1.29 is 9.47 Å². The zero-order chi connectivity index (χ0) is 18.9. The third-order valence-electron chi connectivity index (χ3n) is 5.08. The highest BCUT2D eigenvalue weighted by Gasteiger charge is 2.20. The second-order valence-electron chi connectivity index (χ2n) is 6.85. The van der Waals surface area contributed by atoms with Crippen LogP contribution in [0, 0.1) is 0 Å². The maximum Gasteiger partial charge on any atom is 0.194 e. The molecule has 0 aromatic heterocycles. The first-order valence-electron chi connectivity index (χ1n) is 9.98. The average Bonchev–Trinajstić information content (AvgIpc) is 2.74. The van der Waals surface area contributed by atoms with Gasteiger partial charge in [-0.25, -0.2) is 0 Å². The van der Waals surface area contributed by atoms with Crippen LogP contribution in [0.3, 0.4) is 0 Å². The second-order valence-corrected chi connectivity index (χ2v) is 6.85. The van der Waals surface area contributed by atoms with Gasteiger partial charge in [0.1, 0.15) is 5.75 Å². The van der Waals surface area contributed by atoms with Gasteiger partial charge in [0.2, 0.25) is 0 Å². The van der Waals surface area contributed by atoms with Crippen LogP contribution in [0.1, 0.15) is 19.8 Å². The van der Waals surface area contributed by atoms with Gasteiger partial charge in [0.25, 0.3) is 0 Å². The summed E-state index contributed by atoms with van der Waals surface area (Å²) in [6.07, 6.45) is 4.28. The van der Waals surface area contributed by atoms with Crippen molar-refractivity contribution in [2.75, 3.05) is 64.5 Å². The minimum atomic E-state index is 0. The summed E-state index contributed by atoms with van der Waals surface area (Å²) in [5, 5.41) is 3.46. The van der Waals surface area contributed by atoms with Crippen molar-refractivity contribution in [3.63, 3.8) is 0 Å². The minimum absolute atomic E-state index is 0. The Labute approximate surface area is 186 Å². The van der Waals surface area contributed by atoms with Crippen LogP contribution in [-0.2, 0) is 4.74 Å². The lowest BCUT2D eigenvalue weighted by molar-refractivity contribution is 0.153. The molecular weight excluding hydrogens is 467 g/mol. The summed E-state index contributed by atoms with van der Waals surface area (Å²) < 4.78 is 10.7. The standard InChI is InChI=1S/C21H32N4O2.HI/c1-3-22-21(23-10-7-18-8-15-27-16-9-18)25-13-11-24(12-14-25)19-5-4-6-20(17-19)26-2;/h4-6,8,17H,3,7,9-16H2,1-2H3,(H,22,23);1H. The number of piperazine rings is 1. The normalized spacial score (nSPS) is 17.6. The number of benzene rings is 1. The van der Waals surface area contributed by atoms with E-state index in [9.17, 15) is 0 Å². The molecular formula is C21H33IN4O2. The Hall–Kier alpha value is -1.48. The Bertz CT molecular complexity index is 658. The molecule has 1 saturated heterocycles. The molecule has 0 spiro atoms. The number of aliphatic imine (C=N–C) groups is 1. The summed E-state index contributed by atoms with van der Waals surface area (Å²) in [5.41, 5.74) is 2.70. The molecule has 7 heteroatoms. The van der Waals surface area contributed by atoms with Gasteiger partial charge in [-0.1, -0.05) is 17.7 Å². The maximum atomic E-state index is 5.38. The number of hydrogen-bond acceptors (Lipinski definition) is 4. The van der Waals surface area contributed by atoms with Crippen molar-refractivity contribution in [3.05, 3.63) is 35.9 Å². The Morgan fingerprint density at radius 2 is 2.07 bits per heavy atom. The number of nitrogens with one attached hydrogen (secondary N) is 1. The molecule has 28 heavy (non-hydrogen) atoms. The molecule has 1 fully saturated rings. The van der Waals surface area contributed by atoms with E-state index in [-0.39, 0.29) is 24.0 Å². The fourth-order valence-electron chi connectivity index (χ4n) is 3.51. The first-order chi connectivity index (χ1) is 13.3. The van der Waals surface area contributed by atoms with E-state index in [0.29, 0.717) is 0 Å².